The Morgan fingerprint density at radius 1 is 1.07 bits per heavy atom. The van der Waals surface area contributed by atoms with Crippen LogP contribution in [0, 0.1) is 17.1 Å². The van der Waals surface area contributed by atoms with Gasteiger partial charge in [-0.05, 0) is 55.3 Å². The molecule has 1 aliphatic rings. The first-order chi connectivity index (χ1) is 19.5. The summed E-state index contributed by atoms with van der Waals surface area (Å²) in [6, 6.07) is 12.6. The van der Waals surface area contributed by atoms with E-state index in [1.54, 1.807) is 31.3 Å². The van der Waals surface area contributed by atoms with Crippen molar-refractivity contribution < 1.29 is 17.6 Å². The molecule has 1 aliphatic heterocycles. The molecule has 0 bridgehead atoms. The van der Waals surface area contributed by atoms with E-state index in [4.69, 9.17) is 0 Å². The topological polar surface area (TPSA) is 90.9 Å². The van der Waals surface area contributed by atoms with Crippen molar-refractivity contribution in [1.82, 2.24) is 24.4 Å². The minimum absolute atomic E-state index is 0.148. The van der Waals surface area contributed by atoms with Gasteiger partial charge in [-0.3, -0.25) is 14.5 Å². The maximum atomic E-state index is 13.8. The molecule has 1 saturated heterocycles. The minimum atomic E-state index is -4.52. The van der Waals surface area contributed by atoms with Gasteiger partial charge in [0.15, 0.2) is 5.82 Å². The second kappa shape index (κ2) is 10.9. The number of pyridine rings is 2. The Balaban J connectivity index is 1.57. The van der Waals surface area contributed by atoms with E-state index in [2.05, 4.69) is 19.9 Å². The van der Waals surface area contributed by atoms with Crippen LogP contribution in [0.1, 0.15) is 48.8 Å². The van der Waals surface area contributed by atoms with E-state index < -0.39 is 29.3 Å². The fraction of sp³-hybridized carbons (Fsp3) is 0.345. The van der Waals surface area contributed by atoms with Crippen LogP contribution in [0.25, 0.3) is 11.0 Å². The van der Waals surface area contributed by atoms with Crippen LogP contribution in [0.4, 0.5) is 23.4 Å². The summed E-state index contributed by atoms with van der Waals surface area (Å²) >= 11 is 0. The number of halogens is 4. The SMILES string of the molecule is CC[C@H]1CN(c2nc(=O)n(C)c3ccc(C#N)nc23)[C@@H](C)CN1[C@H](c1ccc(F)cc1)c1ccc(C(F)(F)F)cn1. The Morgan fingerprint density at radius 2 is 1.80 bits per heavy atom. The van der Waals surface area contributed by atoms with Crippen molar-refractivity contribution in [2.45, 2.75) is 44.6 Å². The number of rotatable bonds is 5. The molecule has 5 rings (SSSR count). The first kappa shape index (κ1) is 28.2. The molecule has 0 aliphatic carbocycles. The molecule has 3 atom stereocenters. The van der Waals surface area contributed by atoms with Gasteiger partial charge in [0.05, 0.1) is 22.8 Å². The average molecular weight is 566 g/mol. The molecule has 1 aromatic carbocycles. The van der Waals surface area contributed by atoms with Crippen LogP contribution in [-0.2, 0) is 13.2 Å². The van der Waals surface area contributed by atoms with E-state index in [9.17, 15) is 27.6 Å². The number of hydrogen-bond donors (Lipinski definition) is 0. The fourth-order valence-corrected chi connectivity index (χ4v) is 5.42. The Bertz CT molecular complexity index is 1660. The van der Waals surface area contributed by atoms with Crippen LogP contribution in [-0.4, -0.2) is 49.6 Å². The van der Waals surface area contributed by atoms with Crippen LogP contribution in [0.15, 0.2) is 59.5 Å². The van der Waals surface area contributed by atoms with Crippen molar-refractivity contribution in [2.24, 2.45) is 7.05 Å². The fourth-order valence-electron chi connectivity index (χ4n) is 5.42. The third kappa shape index (κ3) is 5.37. The van der Waals surface area contributed by atoms with Crippen molar-refractivity contribution in [1.29, 1.82) is 5.26 Å². The quantitative estimate of drug-likeness (QED) is 0.320. The lowest BCUT2D eigenvalue weighted by molar-refractivity contribution is -0.137. The van der Waals surface area contributed by atoms with Gasteiger partial charge in [0, 0.05) is 38.4 Å². The van der Waals surface area contributed by atoms with Crippen LogP contribution < -0.4 is 10.6 Å². The maximum absolute atomic E-state index is 13.8. The molecule has 12 heteroatoms. The number of hydrogen-bond acceptors (Lipinski definition) is 7. The first-order valence-corrected chi connectivity index (χ1v) is 13.1. The van der Waals surface area contributed by atoms with Gasteiger partial charge in [0.1, 0.15) is 23.1 Å². The van der Waals surface area contributed by atoms with Crippen molar-refractivity contribution in [3.8, 4) is 6.07 Å². The Labute approximate surface area is 233 Å². The number of fused-ring (bicyclic) bond motifs is 1. The van der Waals surface area contributed by atoms with Gasteiger partial charge in [-0.2, -0.15) is 23.4 Å². The summed E-state index contributed by atoms with van der Waals surface area (Å²) in [7, 11) is 1.59. The molecule has 0 saturated carbocycles. The highest BCUT2D eigenvalue weighted by atomic mass is 19.4. The number of alkyl halides is 3. The highest BCUT2D eigenvalue weighted by molar-refractivity contribution is 5.86. The standard InChI is InChI=1S/C29H27F4N7O/c1-4-22-16-39(27-25-24(38(3)28(41)37-27)12-10-21(13-34)36-25)17(2)15-40(22)26(18-5-8-20(30)9-6-18)23-11-7-19(14-35-23)29(31,32)33/h5-12,14,17,22,26H,4,15-16H2,1-3H3/t17-,22-,26+/m0/s1. The smallest absolute Gasteiger partial charge is 0.349 e. The third-order valence-corrected chi connectivity index (χ3v) is 7.59. The molecule has 4 heterocycles. The summed E-state index contributed by atoms with van der Waals surface area (Å²) in [5, 5.41) is 9.43. The van der Waals surface area contributed by atoms with Gasteiger partial charge in [-0.15, -0.1) is 0 Å². The zero-order chi connectivity index (χ0) is 29.5. The number of piperazine rings is 1. The number of anilines is 1. The zero-order valence-electron chi connectivity index (χ0n) is 22.6. The largest absolute Gasteiger partial charge is 0.417 e. The monoisotopic (exact) mass is 565 g/mol. The predicted molar refractivity (Wildman–Crippen MR) is 145 cm³/mol. The highest BCUT2D eigenvalue weighted by Crippen LogP contribution is 2.37. The molecule has 0 unspecified atom stereocenters. The number of benzene rings is 1. The lowest BCUT2D eigenvalue weighted by Crippen LogP contribution is -2.59. The second-order valence-electron chi connectivity index (χ2n) is 10.1. The lowest BCUT2D eigenvalue weighted by atomic mass is 9.95. The average Bonchev–Trinajstić information content (AvgIpc) is 2.96. The second-order valence-corrected chi connectivity index (χ2v) is 10.1. The van der Waals surface area contributed by atoms with Crippen LogP contribution in [0.2, 0.25) is 0 Å². The molecular formula is C29H27F4N7O. The van der Waals surface area contributed by atoms with Gasteiger partial charge < -0.3 is 4.90 Å². The number of aryl methyl sites for hydroxylation is 1. The number of aromatic nitrogens is 4. The minimum Gasteiger partial charge on any atom is -0.349 e. The van der Waals surface area contributed by atoms with Crippen LogP contribution in [0.5, 0.6) is 0 Å². The molecule has 4 aromatic rings. The summed E-state index contributed by atoms with van der Waals surface area (Å²) in [6.07, 6.45) is -3.05. The maximum Gasteiger partial charge on any atom is 0.417 e. The molecule has 212 valence electrons. The molecule has 0 radical (unpaired) electrons. The van der Waals surface area contributed by atoms with E-state index >= 15 is 0 Å². The van der Waals surface area contributed by atoms with E-state index in [1.807, 2.05) is 24.8 Å². The molecule has 3 aromatic heterocycles. The van der Waals surface area contributed by atoms with Crippen molar-refractivity contribution in [2.75, 3.05) is 18.0 Å². The summed E-state index contributed by atoms with van der Waals surface area (Å²) in [5.74, 6) is -0.0530. The highest BCUT2D eigenvalue weighted by Gasteiger charge is 2.39. The van der Waals surface area contributed by atoms with Gasteiger partial charge in [0.25, 0.3) is 0 Å². The van der Waals surface area contributed by atoms with E-state index in [-0.39, 0.29) is 17.8 Å². The first-order valence-electron chi connectivity index (χ1n) is 13.1. The van der Waals surface area contributed by atoms with E-state index in [1.165, 1.54) is 22.8 Å². The van der Waals surface area contributed by atoms with Crippen molar-refractivity contribution in [3.63, 3.8) is 0 Å². The molecule has 0 amide bonds. The summed E-state index contributed by atoms with van der Waals surface area (Å²) in [5.41, 5.74) is 0.955. The zero-order valence-corrected chi connectivity index (χ0v) is 22.6. The predicted octanol–water partition coefficient (Wildman–Crippen LogP) is 4.83. The Hall–Kier alpha value is -4.37. The summed E-state index contributed by atoms with van der Waals surface area (Å²) in [6.45, 7) is 4.80. The molecule has 1 fully saturated rings. The molecule has 0 spiro atoms. The van der Waals surface area contributed by atoms with E-state index in [0.717, 1.165) is 12.3 Å². The van der Waals surface area contributed by atoms with Crippen LogP contribution in [0.3, 0.4) is 0 Å². The van der Waals surface area contributed by atoms with Crippen LogP contribution >= 0.6 is 0 Å². The van der Waals surface area contributed by atoms with Gasteiger partial charge in [0.2, 0.25) is 0 Å². The summed E-state index contributed by atoms with van der Waals surface area (Å²) in [4.78, 5) is 29.9. The normalized spacial score (nSPS) is 18.8. The molecular weight excluding hydrogens is 538 g/mol. The number of nitrogens with zero attached hydrogens (tertiary/aromatic N) is 7. The Kier molecular flexibility index (Phi) is 7.48. The van der Waals surface area contributed by atoms with Gasteiger partial charge >= 0.3 is 11.9 Å². The van der Waals surface area contributed by atoms with Crippen molar-refractivity contribution in [3.05, 3.63) is 93.5 Å². The molecule has 0 N–H and O–H groups in total. The third-order valence-electron chi connectivity index (χ3n) is 7.59. The van der Waals surface area contributed by atoms with E-state index in [0.29, 0.717) is 47.6 Å². The summed E-state index contributed by atoms with van der Waals surface area (Å²) < 4.78 is 55.1. The molecule has 41 heavy (non-hydrogen) atoms. The lowest BCUT2D eigenvalue weighted by Gasteiger charge is -2.48. The van der Waals surface area contributed by atoms with Gasteiger partial charge in [-0.1, -0.05) is 19.1 Å². The Morgan fingerprint density at radius 3 is 2.41 bits per heavy atom. The van der Waals surface area contributed by atoms with Gasteiger partial charge in [-0.25, -0.2) is 14.2 Å². The van der Waals surface area contributed by atoms with Crippen molar-refractivity contribution >= 4 is 16.9 Å². The molecule has 8 nitrogen and oxygen atoms in total. The number of nitriles is 1.